The molecule has 1 N–H and O–H groups in total. The van der Waals surface area contributed by atoms with Crippen LogP contribution in [0, 0.1) is 6.92 Å². The molecule has 1 unspecified atom stereocenters. The quantitative estimate of drug-likeness (QED) is 0.842. The lowest BCUT2D eigenvalue weighted by Crippen LogP contribution is -2.01. The molecule has 0 saturated heterocycles. The number of nitrogens with zero attached hydrogens (tertiary/aromatic N) is 2. The second-order valence-corrected chi connectivity index (χ2v) is 4.91. The fourth-order valence-corrected chi connectivity index (χ4v) is 2.45. The molecule has 0 aliphatic rings. The molecule has 1 aromatic heterocycles. The predicted octanol–water partition coefficient (Wildman–Crippen LogP) is 2.61. The topological polar surface area (TPSA) is 46.0 Å². The Kier molecular flexibility index (Phi) is 4.12. The average molecular weight is 246 g/mol. The summed E-state index contributed by atoms with van der Waals surface area (Å²) in [6.45, 7) is 2.06. The first-order valence-electron chi connectivity index (χ1n) is 5.38. The normalized spacial score (nSPS) is 12.4. The summed E-state index contributed by atoms with van der Waals surface area (Å²) >= 11 is 1.63. The third-order valence-corrected chi connectivity index (χ3v) is 3.43. The van der Waals surface area contributed by atoms with Crippen molar-refractivity contribution in [2.45, 2.75) is 17.9 Å². The van der Waals surface area contributed by atoms with Gasteiger partial charge >= 0.3 is 0 Å². The van der Waals surface area contributed by atoms with E-state index in [4.69, 9.17) is 0 Å². The van der Waals surface area contributed by atoms with Crippen LogP contribution in [0.1, 0.15) is 17.2 Å². The Balaban J connectivity index is 1.95. The highest BCUT2D eigenvalue weighted by Gasteiger charge is 2.08. The second-order valence-electron chi connectivity index (χ2n) is 3.82. The van der Waals surface area contributed by atoms with E-state index in [1.807, 2.05) is 12.1 Å². The van der Waals surface area contributed by atoms with E-state index in [1.54, 1.807) is 24.2 Å². The Morgan fingerprint density at radius 1 is 1.29 bits per heavy atom. The molecule has 1 aromatic carbocycles. The van der Waals surface area contributed by atoms with Crippen molar-refractivity contribution in [3.8, 4) is 0 Å². The fraction of sp³-hybridized carbons (Fsp3) is 0.231. The largest absolute Gasteiger partial charge is 0.387 e. The van der Waals surface area contributed by atoms with E-state index in [1.165, 1.54) is 16.8 Å². The number of aliphatic hydroxyl groups is 1. The van der Waals surface area contributed by atoms with Gasteiger partial charge in [0, 0.05) is 28.6 Å². The number of benzene rings is 1. The summed E-state index contributed by atoms with van der Waals surface area (Å²) in [5.74, 6) is 0.608. The highest BCUT2D eigenvalue weighted by Crippen LogP contribution is 2.24. The smallest absolute Gasteiger partial charge is 0.115 e. The van der Waals surface area contributed by atoms with Crippen molar-refractivity contribution >= 4 is 11.8 Å². The van der Waals surface area contributed by atoms with E-state index >= 15 is 0 Å². The van der Waals surface area contributed by atoms with Crippen LogP contribution in [0.25, 0.3) is 0 Å². The molecule has 0 amide bonds. The zero-order valence-corrected chi connectivity index (χ0v) is 10.4. The molecule has 0 fully saturated rings. The number of hydrogen-bond acceptors (Lipinski definition) is 4. The monoisotopic (exact) mass is 246 g/mol. The number of aryl methyl sites for hydroxylation is 1. The summed E-state index contributed by atoms with van der Waals surface area (Å²) in [7, 11) is 0. The zero-order chi connectivity index (χ0) is 12.1. The molecule has 0 aliphatic carbocycles. The van der Waals surface area contributed by atoms with E-state index in [0.29, 0.717) is 5.75 Å². The van der Waals surface area contributed by atoms with Crippen LogP contribution in [-0.4, -0.2) is 20.8 Å². The van der Waals surface area contributed by atoms with Gasteiger partial charge in [0.2, 0.25) is 0 Å². The van der Waals surface area contributed by atoms with Crippen molar-refractivity contribution in [2.75, 3.05) is 5.75 Å². The van der Waals surface area contributed by atoms with Crippen molar-refractivity contribution in [1.29, 1.82) is 0 Å². The van der Waals surface area contributed by atoms with Crippen LogP contribution in [0.2, 0.25) is 0 Å². The summed E-state index contributed by atoms with van der Waals surface area (Å²) in [4.78, 5) is 8.96. The third-order valence-electron chi connectivity index (χ3n) is 2.36. The minimum atomic E-state index is -0.526. The highest BCUT2D eigenvalue weighted by molar-refractivity contribution is 7.99. The van der Waals surface area contributed by atoms with Gasteiger partial charge in [-0.15, -0.1) is 11.8 Å². The van der Waals surface area contributed by atoms with Gasteiger partial charge in [-0.1, -0.05) is 17.7 Å². The first-order chi connectivity index (χ1) is 8.25. The highest BCUT2D eigenvalue weighted by atomic mass is 32.2. The molecular weight excluding hydrogens is 232 g/mol. The molecular formula is C13H14N2OS. The van der Waals surface area contributed by atoms with Gasteiger partial charge in [0.25, 0.3) is 0 Å². The second kappa shape index (κ2) is 5.80. The minimum absolute atomic E-state index is 0.526. The van der Waals surface area contributed by atoms with Crippen LogP contribution in [0.5, 0.6) is 0 Å². The van der Waals surface area contributed by atoms with Crippen LogP contribution in [0.15, 0.2) is 47.9 Å². The van der Waals surface area contributed by atoms with E-state index < -0.39 is 6.10 Å². The van der Waals surface area contributed by atoms with Crippen LogP contribution in [0.4, 0.5) is 0 Å². The van der Waals surface area contributed by atoms with Gasteiger partial charge in [-0.05, 0) is 19.1 Å². The van der Waals surface area contributed by atoms with Crippen molar-refractivity contribution in [2.24, 2.45) is 0 Å². The molecule has 2 aromatic rings. The molecule has 0 aliphatic heterocycles. The first-order valence-corrected chi connectivity index (χ1v) is 6.37. The molecule has 0 spiro atoms. The van der Waals surface area contributed by atoms with Crippen molar-refractivity contribution in [1.82, 2.24) is 9.97 Å². The van der Waals surface area contributed by atoms with E-state index in [0.717, 1.165) is 5.56 Å². The lowest BCUT2D eigenvalue weighted by Gasteiger charge is -2.09. The predicted molar refractivity (Wildman–Crippen MR) is 68.9 cm³/mol. The van der Waals surface area contributed by atoms with Crippen molar-refractivity contribution in [3.63, 3.8) is 0 Å². The Labute approximate surface area is 105 Å². The Bertz CT molecular complexity index is 476. The lowest BCUT2D eigenvalue weighted by molar-refractivity contribution is 0.203. The Hall–Kier alpha value is -1.39. The number of aliphatic hydroxyl groups excluding tert-OH is 1. The van der Waals surface area contributed by atoms with Crippen LogP contribution in [-0.2, 0) is 0 Å². The molecule has 3 nitrogen and oxygen atoms in total. The molecule has 88 valence electrons. The average Bonchev–Trinajstić information content (AvgIpc) is 2.37. The number of hydrogen-bond donors (Lipinski definition) is 1. The van der Waals surface area contributed by atoms with Gasteiger partial charge in [0.05, 0.1) is 6.10 Å². The number of aromatic nitrogens is 2. The van der Waals surface area contributed by atoms with Crippen molar-refractivity contribution in [3.05, 3.63) is 54.1 Å². The maximum absolute atomic E-state index is 9.95. The third kappa shape index (κ3) is 3.54. The van der Waals surface area contributed by atoms with Gasteiger partial charge < -0.3 is 5.11 Å². The Morgan fingerprint density at radius 2 is 2.06 bits per heavy atom. The molecule has 0 radical (unpaired) electrons. The number of thioether (sulfide) groups is 1. The van der Waals surface area contributed by atoms with Gasteiger partial charge in [0.1, 0.15) is 6.33 Å². The number of rotatable bonds is 4. The maximum atomic E-state index is 9.95. The first kappa shape index (κ1) is 12.1. The van der Waals surface area contributed by atoms with E-state index in [2.05, 4.69) is 29.0 Å². The molecule has 0 saturated carbocycles. The van der Waals surface area contributed by atoms with E-state index in [-0.39, 0.29) is 0 Å². The van der Waals surface area contributed by atoms with Crippen LogP contribution < -0.4 is 0 Å². The SMILES string of the molecule is Cc1cccc(SCC(O)c2cncnc2)c1. The fourth-order valence-electron chi connectivity index (χ4n) is 1.46. The van der Waals surface area contributed by atoms with Gasteiger partial charge in [-0.3, -0.25) is 0 Å². The molecule has 1 atom stereocenters. The summed E-state index contributed by atoms with van der Waals surface area (Å²) in [5, 5.41) is 9.95. The summed E-state index contributed by atoms with van der Waals surface area (Å²) in [5.41, 5.74) is 1.99. The summed E-state index contributed by atoms with van der Waals surface area (Å²) in [6, 6.07) is 8.24. The summed E-state index contributed by atoms with van der Waals surface area (Å²) in [6.07, 6.45) is 4.23. The van der Waals surface area contributed by atoms with Crippen molar-refractivity contribution < 1.29 is 5.11 Å². The van der Waals surface area contributed by atoms with Crippen LogP contribution >= 0.6 is 11.8 Å². The lowest BCUT2D eigenvalue weighted by atomic mass is 10.2. The van der Waals surface area contributed by atoms with E-state index in [9.17, 15) is 5.11 Å². The summed E-state index contributed by atoms with van der Waals surface area (Å²) < 4.78 is 0. The molecule has 1 heterocycles. The van der Waals surface area contributed by atoms with Crippen LogP contribution in [0.3, 0.4) is 0 Å². The molecule has 4 heteroatoms. The maximum Gasteiger partial charge on any atom is 0.115 e. The molecule has 17 heavy (non-hydrogen) atoms. The van der Waals surface area contributed by atoms with Gasteiger partial charge in [0.15, 0.2) is 0 Å². The van der Waals surface area contributed by atoms with Gasteiger partial charge in [-0.25, -0.2) is 9.97 Å². The zero-order valence-electron chi connectivity index (χ0n) is 9.58. The molecule has 2 rings (SSSR count). The van der Waals surface area contributed by atoms with Gasteiger partial charge in [-0.2, -0.15) is 0 Å². The Morgan fingerprint density at radius 3 is 2.76 bits per heavy atom. The molecule has 0 bridgehead atoms. The minimum Gasteiger partial charge on any atom is -0.387 e. The standard InChI is InChI=1S/C13H14N2OS/c1-10-3-2-4-12(5-10)17-8-13(16)11-6-14-9-15-7-11/h2-7,9,13,16H,8H2,1H3.